The number of rotatable bonds is 8. The van der Waals surface area contributed by atoms with Gasteiger partial charge in [-0.1, -0.05) is 6.42 Å². The van der Waals surface area contributed by atoms with Crippen molar-refractivity contribution in [3.8, 4) is 12.5 Å². The van der Waals surface area contributed by atoms with Gasteiger partial charge in [0.15, 0.2) is 0 Å². The van der Waals surface area contributed by atoms with Crippen molar-refractivity contribution < 1.29 is 22.9 Å². The number of ether oxygens (including phenoxy) is 1. The highest BCUT2D eigenvalue weighted by atomic mass is 31.2. The van der Waals surface area contributed by atoms with Gasteiger partial charge in [0.1, 0.15) is 12.7 Å². The normalized spacial score (nSPS) is 10.9. The lowest BCUT2D eigenvalue weighted by atomic mass is 10.8. The van der Waals surface area contributed by atoms with Crippen molar-refractivity contribution in [1.82, 2.24) is 0 Å². The first kappa shape index (κ1) is 13.5. The van der Waals surface area contributed by atoms with Gasteiger partial charge in [-0.2, -0.15) is 0 Å². The van der Waals surface area contributed by atoms with E-state index in [0.717, 1.165) is 0 Å². The van der Waals surface area contributed by atoms with Gasteiger partial charge in [-0.05, 0) is 13.8 Å². The third kappa shape index (κ3) is 6.01. The molecule has 0 unspecified atom stereocenters. The summed E-state index contributed by atoms with van der Waals surface area (Å²) in [6, 6.07) is 0. The van der Waals surface area contributed by atoms with Crippen molar-refractivity contribution >= 4 is 7.82 Å². The molecule has 0 amide bonds. The van der Waals surface area contributed by atoms with Gasteiger partial charge in [0, 0.05) is 0 Å². The van der Waals surface area contributed by atoms with Crippen LogP contribution in [0.3, 0.4) is 0 Å². The smallest absolute Gasteiger partial charge is 0.444 e. The molecule has 0 saturated carbocycles. The van der Waals surface area contributed by atoms with Crippen molar-refractivity contribution in [3.63, 3.8) is 0 Å². The molecule has 0 aliphatic rings. The predicted octanol–water partition coefficient (Wildman–Crippen LogP) is 1.79. The number of hydrogen-bond donors (Lipinski definition) is 0. The highest BCUT2D eigenvalue weighted by Gasteiger charge is 2.24. The van der Waals surface area contributed by atoms with E-state index in [2.05, 4.69) is 4.74 Å². The lowest BCUT2D eigenvalue weighted by Crippen LogP contribution is -2.04. The lowest BCUT2D eigenvalue weighted by molar-refractivity contribution is 0.102. The molecule has 0 heterocycles. The molecule has 5 nitrogen and oxygen atoms in total. The monoisotopic (exact) mass is 222 g/mol. The van der Waals surface area contributed by atoms with E-state index in [9.17, 15) is 4.57 Å². The molecule has 0 radical (unpaired) electrons. The van der Waals surface area contributed by atoms with Crippen LogP contribution in [0.15, 0.2) is 0 Å². The van der Waals surface area contributed by atoms with E-state index in [1.807, 2.05) is 6.11 Å². The largest absolute Gasteiger partial charge is 0.474 e. The van der Waals surface area contributed by atoms with Crippen LogP contribution in [-0.2, 0) is 22.9 Å². The Morgan fingerprint density at radius 3 is 2.14 bits per heavy atom. The Bertz CT molecular complexity index is 212. The molecule has 0 aromatic rings. The van der Waals surface area contributed by atoms with Crippen molar-refractivity contribution in [3.05, 3.63) is 0 Å². The summed E-state index contributed by atoms with van der Waals surface area (Å²) in [6.45, 7) is 4.14. The van der Waals surface area contributed by atoms with E-state index >= 15 is 0 Å². The number of phosphoric acid groups is 1. The predicted molar refractivity (Wildman–Crippen MR) is 51.6 cm³/mol. The molecule has 0 aliphatic heterocycles. The van der Waals surface area contributed by atoms with Gasteiger partial charge in [0.25, 0.3) is 0 Å². The molecule has 0 aromatic heterocycles. The van der Waals surface area contributed by atoms with Gasteiger partial charge in [-0.15, -0.1) is 0 Å². The second kappa shape index (κ2) is 7.84. The molecule has 0 aromatic carbocycles. The Morgan fingerprint density at radius 2 is 1.71 bits per heavy atom. The van der Waals surface area contributed by atoms with Crippen LogP contribution in [0.1, 0.15) is 13.8 Å². The molecule has 0 fully saturated rings. The maximum Gasteiger partial charge on any atom is 0.474 e. The maximum absolute atomic E-state index is 11.6. The van der Waals surface area contributed by atoms with Crippen molar-refractivity contribution in [2.24, 2.45) is 0 Å². The summed E-state index contributed by atoms with van der Waals surface area (Å²) in [7, 11) is -3.41. The zero-order valence-electron chi connectivity index (χ0n) is 8.39. The molecule has 0 atom stereocenters. The molecule has 0 N–H and O–H groups in total. The summed E-state index contributed by atoms with van der Waals surface area (Å²) in [5.74, 6) is 0. The Labute approximate surface area is 84.3 Å². The molecular formula is C8H15O5P. The first-order chi connectivity index (χ1) is 6.68. The Balaban J connectivity index is 3.85. The second-order valence-electron chi connectivity index (χ2n) is 2.08. The standard InChI is InChI=1S/C8H15O5P/c1-4-10-7-8-13-14(9,11-5-2)12-6-3/h1H,5-8H2,2-3H3. The van der Waals surface area contributed by atoms with Gasteiger partial charge in [-0.3, -0.25) is 13.6 Å². The van der Waals surface area contributed by atoms with Crippen molar-refractivity contribution in [2.45, 2.75) is 13.8 Å². The molecular weight excluding hydrogens is 207 g/mol. The number of terminal acetylenes is 1. The molecule has 0 rings (SSSR count). The second-order valence-corrected chi connectivity index (χ2v) is 3.75. The molecule has 0 bridgehead atoms. The third-order valence-electron chi connectivity index (χ3n) is 1.09. The quantitative estimate of drug-likeness (QED) is 0.356. The average Bonchev–Trinajstić information content (AvgIpc) is 2.13. The fourth-order valence-corrected chi connectivity index (χ4v) is 1.83. The number of phosphoric ester groups is 1. The minimum atomic E-state index is -3.41. The Morgan fingerprint density at radius 1 is 1.14 bits per heavy atom. The fraction of sp³-hybridized carbons (Fsp3) is 0.750. The van der Waals surface area contributed by atoms with Crippen LogP contribution in [-0.4, -0.2) is 26.4 Å². The molecule has 14 heavy (non-hydrogen) atoms. The fourth-order valence-electron chi connectivity index (χ4n) is 0.678. The van der Waals surface area contributed by atoms with Gasteiger partial charge in [0.2, 0.25) is 0 Å². The van der Waals surface area contributed by atoms with Gasteiger partial charge in [0.05, 0.1) is 19.8 Å². The topological polar surface area (TPSA) is 54.0 Å². The summed E-state index contributed by atoms with van der Waals surface area (Å²) >= 11 is 0. The van der Waals surface area contributed by atoms with Crippen LogP contribution in [0.25, 0.3) is 0 Å². The van der Waals surface area contributed by atoms with Crippen LogP contribution in [0.4, 0.5) is 0 Å². The summed E-state index contributed by atoms with van der Waals surface area (Å²) in [4.78, 5) is 0. The van der Waals surface area contributed by atoms with Crippen LogP contribution < -0.4 is 0 Å². The zero-order valence-corrected chi connectivity index (χ0v) is 9.29. The average molecular weight is 222 g/mol. The Kier molecular flexibility index (Phi) is 7.54. The van der Waals surface area contributed by atoms with Crippen molar-refractivity contribution in [1.29, 1.82) is 0 Å². The van der Waals surface area contributed by atoms with E-state index in [0.29, 0.717) is 0 Å². The van der Waals surface area contributed by atoms with Crippen LogP contribution in [0, 0.1) is 12.5 Å². The maximum atomic E-state index is 11.6. The zero-order chi connectivity index (χ0) is 10.9. The molecule has 0 saturated heterocycles. The van der Waals surface area contributed by atoms with Gasteiger partial charge in [-0.25, -0.2) is 4.57 Å². The van der Waals surface area contributed by atoms with E-state index in [1.165, 1.54) is 0 Å². The lowest BCUT2D eigenvalue weighted by Gasteiger charge is -2.15. The van der Waals surface area contributed by atoms with E-state index < -0.39 is 7.82 Å². The molecule has 6 heteroatoms. The third-order valence-corrected chi connectivity index (χ3v) is 2.74. The minimum absolute atomic E-state index is 0.0709. The first-order valence-electron chi connectivity index (χ1n) is 4.29. The summed E-state index contributed by atoms with van der Waals surface area (Å²) in [5, 5.41) is 0. The summed E-state index contributed by atoms with van der Waals surface area (Å²) in [6.07, 6.45) is 6.80. The van der Waals surface area contributed by atoms with E-state index in [4.69, 9.17) is 20.0 Å². The van der Waals surface area contributed by atoms with Gasteiger partial charge < -0.3 is 4.74 Å². The Hall–Kier alpha value is -0.530. The van der Waals surface area contributed by atoms with Gasteiger partial charge >= 0.3 is 7.82 Å². The minimum Gasteiger partial charge on any atom is -0.444 e. The number of hydrogen-bond acceptors (Lipinski definition) is 5. The van der Waals surface area contributed by atoms with Crippen LogP contribution >= 0.6 is 7.82 Å². The van der Waals surface area contributed by atoms with E-state index in [1.54, 1.807) is 13.8 Å². The van der Waals surface area contributed by atoms with Crippen LogP contribution in [0.2, 0.25) is 0 Å². The summed E-state index contributed by atoms with van der Waals surface area (Å²) < 4.78 is 30.8. The van der Waals surface area contributed by atoms with Crippen LogP contribution in [0.5, 0.6) is 0 Å². The highest BCUT2D eigenvalue weighted by molar-refractivity contribution is 7.48. The molecule has 0 aliphatic carbocycles. The highest BCUT2D eigenvalue weighted by Crippen LogP contribution is 2.48. The molecule has 82 valence electrons. The van der Waals surface area contributed by atoms with Crippen molar-refractivity contribution in [2.75, 3.05) is 26.4 Å². The SMILES string of the molecule is C#COCCOP(=O)(OCC)OCC. The first-order valence-corrected chi connectivity index (χ1v) is 5.75. The summed E-state index contributed by atoms with van der Waals surface area (Å²) in [5.41, 5.74) is 0. The molecule has 0 spiro atoms. The van der Waals surface area contributed by atoms with E-state index in [-0.39, 0.29) is 26.4 Å².